The minimum absolute atomic E-state index is 0.619. The lowest BCUT2D eigenvalue weighted by Gasteiger charge is -2.10. The van der Waals surface area contributed by atoms with E-state index in [0.717, 1.165) is 42.4 Å². The van der Waals surface area contributed by atoms with Gasteiger partial charge in [-0.25, -0.2) is 4.99 Å². The maximum absolute atomic E-state index is 4.65. The van der Waals surface area contributed by atoms with Crippen LogP contribution in [0.25, 0.3) is 10.9 Å². The second-order valence-corrected chi connectivity index (χ2v) is 5.57. The minimum Gasteiger partial charge on any atom is -0.357 e. The molecule has 3 rings (SSSR count). The summed E-state index contributed by atoms with van der Waals surface area (Å²) in [5.41, 5.74) is 3.34. The molecule has 3 aromatic rings. The van der Waals surface area contributed by atoms with E-state index < -0.39 is 0 Å². The third-order valence-corrected chi connectivity index (χ3v) is 3.74. The number of benzene rings is 1. The summed E-state index contributed by atoms with van der Waals surface area (Å²) < 4.78 is 0. The molecular formula is C19H23N5. The summed E-state index contributed by atoms with van der Waals surface area (Å²) in [6.45, 7) is 4.32. The Hall–Kier alpha value is -2.82. The van der Waals surface area contributed by atoms with E-state index in [9.17, 15) is 0 Å². The smallest absolute Gasteiger partial charge is 0.191 e. The van der Waals surface area contributed by atoms with E-state index in [2.05, 4.69) is 50.7 Å². The van der Waals surface area contributed by atoms with Crippen molar-refractivity contribution in [3.63, 3.8) is 0 Å². The molecule has 0 spiro atoms. The van der Waals surface area contributed by atoms with Gasteiger partial charge in [0, 0.05) is 42.6 Å². The van der Waals surface area contributed by atoms with Gasteiger partial charge in [0.05, 0.1) is 6.54 Å². The monoisotopic (exact) mass is 321 g/mol. The molecule has 0 bridgehead atoms. The first-order chi connectivity index (χ1) is 11.8. The average molecular weight is 321 g/mol. The van der Waals surface area contributed by atoms with Crippen molar-refractivity contribution in [2.24, 2.45) is 4.99 Å². The number of pyridine rings is 1. The molecule has 2 heterocycles. The molecule has 124 valence electrons. The van der Waals surface area contributed by atoms with Crippen LogP contribution in [0.4, 0.5) is 0 Å². The van der Waals surface area contributed by atoms with Gasteiger partial charge in [-0.3, -0.25) is 4.98 Å². The third kappa shape index (κ3) is 4.35. The largest absolute Gasteiger partial charge is 0.357 e. The quantitative estimate of drug-likeness (QED) is 0.483. The average Bonchev–Trinajstić information content (AvgIpc) is 3.03. The van der Waals surface area contributed by atoms with Crippen molar-refractivity contribution < 1.29 is 0 Å². The highest BCUT2D eigenvalue weighted by Gasteiger charge is 2.01. The highest BCUT2D eigenvalue weighted by atomic mass is 15.2. The Morgan fingerprint density at radius 2 is 2.00 bits per heavy atom. The first kappa shape index (κ1) is 16.1. The predicted molar refractivity (Wildman–Crippen MR) is 99.1 cm³/mol. The number of aliphatic imine (C=N–C) groups is 1. The van der Waals surface area contributed by atoms with Crippen LogP contribution in [-0.4, -0.2) is 29.0 Å². The van der Waals surface area contributed by atoms with Crippen molar-refractivity contribution >= 4 is 16.9 Å². The number of aromatic amines is 1. The fraction of sp³-hybridized carbons (Fsp3) is 0.263. The lowest BCUT2D eigenvalue weighted by atomic mass is 10.2. The van der Waals surface area contributed by atoms with Crippen molar-refractivity contribution in [3.05, 3.63) is 66.1 Å². The number of hydrogen-bond acceptors (Lipinski definition) is 2. The first-order valence-electron chi connectivity index (χ1n) is 8.34. The van der Waals surface area contributed by atoms with E-state index in [1.165, 1.54) is 5.39 Å². The molecule has 0 amide bonds. The molecule has 0 aliphatic carbocycles. The summed E-state index contributed by atoms with van der Waals surface area (Å²) in [7, 11) is 0. The highest BCUT2D eigenvalue weighted by molar-refractivity contribution is 5.81. The highest BCUT2D eigenvalue weighted by Crippen LogP contribution is 2.14. The number of rotatable bonds is 6. The van der Waals surface area contributed by atoms with E-state index in [0.29, 0.717) is 6.54 Å². The van der Waals surface area contributed by atoms with Crippen molar-refractivity contribution in [2.45, 2.75) is 19.9 Å². The Balaban J connectivity index is 1.58. The molecule has 0 saturated heterocycles. The summed E-state index contributed by atoms with van der Waals surface area (Å²) in [5, 5.41) is 7.85. The van der Waals surface area contributed by atoms with Crippen LogP contribution >= 0.6 is 0 Å². The van der Waals surface area contributed by atoms with Gasteiger partial charge in [-0.15, -0.1) is 0 Å². The molecule has 5 heteroatoms. The Bertz CT molecular complexity index is 759. The summed E-state index contributed by atoms with van der Waals surface area (Å²) in [6, 6.07) is 16.4. The van der Waals surface area contributed by atoms with E-state index in [-0.39, 0.29) is 0 Å². The maximum Gasteiger partial charge on any atom is 0.191 e. The van der Waals surface area contributed by atoms with Gasteiger partial charge >= 0.3 is 0 Å². The topological polar surface area (TPSA) is 65.1 Å². The fourth-order valence-corrected chi connectivity index (χ4v) is 2.58. The molecule has 0 fully saturated rings. The number of fused-ring (bicyclic) bond motifs is 1. The number of nitrogens with zero attached hydrogens (tertiary/aromatic N) is 2. The molecule has 3 N–H and O–H groups in total. The molecule has 24 heavy (non-hydrogen) atoms. The van der Waals surface area contributed by atoms with Crippen LogP contribution in [0, 0.1) is 0 Å². The Morgan fingerprint density at radius 1 is 1.12 bits per heavy atom. The second-order valence-electron chi connectivity index (χ2n) is 5.57. The molecular weight excluding hydrogens is 298 g/mol. The minimum atomic E-state index is 0.619. The Kier molecular flexibility index (Phi) is 5.45. The Morgan fingerprint density at radius 3 is 2.79 bits per heavy atom. The van der Waals surface area contributed by atoms with Crippen LogP contribution in [0.15, 0.2) is 59.7 Å². The van der Waals surface area contributed by atoms with Crippen molar-refractivity contribution in [3.8, 4) is 0 Å². The second kappa shape index (κ2) is 8.15. The number of guanidine groups is 1. The van der Waals surface area contributed by atoms with Crippen LogP contribution in [0.1, 0.15) is 18.3 Å². The molecule has 2 aromatic heterocycles. The van der Waals surface area contributed by atoms with Gasteiger partial charge in [-0.1, -0.05) is 24.3 Å². The van der Waals surface area contributed by atoms with E-state index in [4.69, 9.17) is 0 Å². The third-order valence-electron chi connectivity index (χ3n) is 3.74. The van der Waals surface area contributed by atoms with Gasteiger partial charge in [0.1, 0.15) is 0 Å². The Labute approximate surface area is 142 Å². The SMILES string of the molecule is CCNC(=NCc1cc2ccccc2[nH]1)NCCc1ccccn1. The standard InChI is InChI=1S/C19H23N5/c1-2-20-19(22-12-10-16-8-5-6-11-21-16)23-14-17-13-15-7-3-4-9-18(15)24-17/h3-9,11,13,24H,2,10,12,14H2,1H3,(H2,20,22,23). The number of para-hydroxylation sites is 1. The number of hydrogen-bond donors (Lipinski definition) is 3. The normalized spacial score (nSPS) is 11.6. The number of aromatic nitrogens is 2. The zero-order chi connectivity index (χ0) is 16.6. The molecule has 0 radical (unpaired) electrons. The van der Waals surface area contributed by atoms with Crippen LogP contribution in [0.3, 0.4) is 0 Å². The number of H-pyrrole nitrogens is 1. The summed E-state index contributed by atoms with van der Waals surface area (Å²) in [5.74, 6) is 0.826. The zero-order valence-electron chi connectivity index (χ0n) is 13.9. The van der Waals surface area contributed by atoms with Gasteiger partial charge in [-0.05, 0) is 36.6 Å². The van der Waals surface area contributed by atoms with Crippen LogP contribution in [-0.2, 0) is 13.0 Å². The van der Waals surface area contributed by atoms with E-state index in [1.54, 1.807) is 0 Å². The van der Waals surface area contributed by atoms with Gasteiger partial charge in [-0.2, -0.15) is 0 Å². The lowest BCUT2D eigenvalue weighted by molar-refractivity contribution is 0.787. The van der Waals surface area contributed by atoms with Crippen molar-refractivity contribution in [1.29, 1.82) is 0 Å². The molecule has 0 atom stereocenters. The molecule has 0 unspecified atom stereocenters. The first-order valence-corrected chi connectivity index (χ1v) is 8.34. The van der Waals surface area contributed by atoms with Crippen molar-refractivity contribution in [2.75, 3.05) is 13.1 Å². The van der Waals surface area contributed by atoms with Gasteiger partial charge in [0.2, 0.25) is 0 Å². The van der Waals surface area contributed by atoms with Crippen LogP contribution in [0.5, 0.6) is 0 Å². The summed E-state index contributed by atoms with van der Waals surface area (Å²) >= 11 is 0. The van der Waals surface area contributed by atoms with Crippen LogP contribution in [0.2, 0.25) is 0 Å². The van der Waals surface area contributed by atoms with Gasteiger partial charge < -0.3 is 15.6 Å². The predicted octanol–water partition coefficient (Wildman–Crippen LogP) is 2.86. The number of nitrogens with one attached hydrogen (secondary N) is 3. The van der Waals surface area contributed by atoms with Crippen molar-refractivity contribution in [1.82, 2.24) is 20.6 Å². The summed E-state index contributed by atoms with van der Waals surface area (Å²) in [4.78, 5) is 12.4. The van der Waals surface area contributed by atoms with Gasteiger partial charge in [0.15, 0.2) is 5.96 Å². The molecule has 1 aromatic carbocycles. The molecule has 0 aliphatic rings. The fourth-order valence-electron chi connectivity index (χ4n) is 2.58. The molecule has 5 nitrogen and oxygen atoms in total. The lowest BCUT2D eigenvalue weighted by Crippen LogP contribution is -2.38. The molecule has 0 aliphatic heterocycles. The van der Waals surface area contributed by atoms with E-state index >= 15 is 0 Å². The zero-order valence-corrected chi connectivity index (χ0v) is 13.9. The van der Waals surface area contributed by atoms with E-state index in [1.807, 2.05) is 36.5 Å². The van der Waals surface area contributed by atoms with Gasteiger partial charge in [0.25, 0.3) is 0 Å². The maximum atomic E-state index is 4.65. The summed E-state index contributed by atoms with van der Waals surface area (Å²) in [6.07, 6.45) is 2.70. The molecule has 0 saturated carbocycles. The van der Waals surface area contributed by atoms with Crippen LogP contribution < -0.4 is 10.6 Å².